The third-order valence-electron chi connectivity index (χ3n) is 2.44. The predicted molar refractivity (Wildman–Crippen MR) is 77.7 cm³/mol. The summed E-state index contributed by atoms with van der Waals surface area (Å²) in [6, 6.07) is 8.03. The first kappa shape index (κ1) is 14.6. The summed E-state index contributed by atoms with van der Waals surface area (Å²) in [5.74, 6) is 0.676. The summed E-state index contributed by atoms with van der Waals surface area (Å²) >= 11 is 5.86. The number of hydrogen-bond acceptors (Lipinski definition) is 4. The summed E-state index contributed by atoms with van der Waals surface area (Å²) in [5, 5.41) is 0.124. The van der Waals surface area contributed by atoms with Crippen LogP contribution in [0, 0.1) is 0 Å². The third kappa shape index (κ3) is 3.40. The summed E-state index contributed by atoms with van der Waals surface area (Å²) in [6.45, 7) is 2.43. The molecule has 0 bridgehead atoms. The van der Waals surface area contributed by atoms with Gasteiger partial charge in [-0.2, -0.15) is 0 Å². The van der Waals surface area contributed by atoms with Crippen molar-refractivity contribution in [2.24, 2.45) is 0 Å². The molecule has 2 rings (SSSR count). The number of pyridine rings is 1. The quantitative estimate of drug-likeness (QED) is 0.921. The van der Waals surface area contributed by atoms with E-state index in [1.165, 1.54) is 18.5 Å². The highest BCUT2D eigenvalue weighted by molar-refractivity contribution is 7.92. The molecule has 20 heavy (non-hydrogen) atoms. The van der Waals surface area contributed by atoms with Crippen molar-refractivity contribution in [3.8, 4) is 5.75 Å². The van der Waals surface area contributed by atoms with Crippen molar-refractivity contribution >= 4 is 27.3 Å². The van der Waals surface area contributed by atoms with E-state index in [2.05, 4.69) is 9.71 Å². The van der Waals surface area contributed by atoms with Crippen LogP contribution in [0.15, 0.2) is 47.6 Å². The zero-order valence-electron chi connectivity index (χ0n) is 10.7. The molecule has 0 fully saturated rings. The first-order valence-electron chi connectivity index (χ1n) is 5.88. The number of nitrogens with one attached hydrogen (secondary N) is 1. The van der Waals surface area contributed by atoms with Crippen LogP contribution in [0.2, 0.25) is 5.02 Å². The summed E-state index contributed by atoms with van der Waals surface area (Å²) in [6.07, 6.45) is 2.64. The molecule has 7 heteroatoms. The molecule has 2 aromatic rings. The topological polar surface area (TPSA) is 68.3 Å². The van der Waals surface area contributed by atoms with Gasteiger partial charge in [0.25, 0.3) is 10.0 Å². The van der Waals surface area contributed by atoms with Gasteiger partial charge >= 0.3 is 0 Å². The fourth-order valence-electron chi connectivity index (χ4n) is 1.56. The number of rotatable bonds is 5. The Bertz CT molecular complexity index is 687. The lowest BCUT2D eigenvalue weighted by Crippen LogP contribution is -2.13. The number of anilines is 1. The molecule has 0 amide bonds. The molecule has 106 valence electrons. The molecular formula is C13H13ClN2O3S. The number of benzene rings is 1. The average Bonchev–Trinajstić information content (AvgIpc) is 2.41. The van der Waals surface area contributed by atoms with Crippen molar-refractivity contribution in [1.82, 2.24) is 4.98 Å². The number of nitrogens with zero attached hydrogens (tertiary/aromatic N) is 1. The molecule has 0 aliphatic carbocycles. The standard InChI is InChI=1S/C13H13ClN2O3S/c1-2-19-11-5-3-10(4-6-11)16-20(17,18)13-9-15-8-7-12(13)14/h3-9,16H,2H2,1H3. The lowest BCUT2D eigenvalue weighted by molar-refractivity contribution is 0.340. The molecule has 1 aromatic heterocycles. The zero-order valence-corrected chi connectivity index (χ0v) is 12.3. The van der Waals surface area contributed by atoms with Crippen LogP contribution < -0.4 is 9.46 Å². The van der Waals surface area contributed by atoms with E-state index >= 15 is 0 Å². The zero-order chi connectivity index (χ0) is 14.6. The third-order valence-corrected chi connectivity index (χ3v) is 4.29. The van der Waals surface area contributed by atoms with Gasteiger partial charge in [0.15, 0.2) is 0 Å². The van der Waals surface area contributed by atoms with Crippen molar-refractivity contribution in [1.29, 1.82) is 0 Å². The Kier molecular flexibility index (Phi) is 4.46. The number of halogens is 1. The van der Waals surface area contributed by atoms with E-state index in [0.29, 0.717) is 18.0 Å². The molecular weight excluding hydrogens is 300 g/mol. The normalized spacial score (nSPS) is 11.1. The highest BCUT2D eigenvalue weighted by atomic mass is 35.5. The van der Waals surface area contributed by atoms with E-state index in [1.54, 1.807) is 24.3 Å². The number of aromatic nitrogens is 1. The van der Waals surface area contributed by atoms with Crippen LogP contribution in [0.5, 0.6) is 5.75 Å². The first-order chi connectivity index (χ1) is 9.53. The van der Waals surface area contributed by atoms with E-state index in [9.17, 15) is 8.42 Å². The molecule has 0 unspecified atom stereocenters. The van der Waals surface area contributed by atoms with Crippen molar-refractivity contribution < 1.29 is 13.2 Å². The van der Waals surface area contributed by atoms with Crippen LogP contribution in [-0.4, -0.2) is 20.0 Å². The number of sulfonamides is 1. The second-order valence-corrected chi connectivity index (χ2v) is 5.93. The highest BCUT2D eigenvalue weighted by Crippen LogP contribution is 2.23. The molecule has 0 radical (unpaired) electrons. The van der Waals surface area contributed by atoms with Gasteiger partial charge in [0.2, 0.25) is 0 Å². The van der Waals surface area contributed by atoms with Gasteiger partial charge in [0.1, 0.15) is 10.6 Å². The molecule has 0 saturated heterocycles. The maximum absolute atomic E-state index is 12.2. The minimum atomic E-state index is -3.75. The van der Waals surface area contributed by atoms with Crippen molar-refractivity contribution in [2.75, 3.05) is 11.3 Å². The summed E-state index contributed by atoms with van der Waals surface area (Å²) in [5.41, 5.74) is 0.424. The van der Waals surface area contributed by atoms with Crippen LogP contribution in [0.1, 0.15) is 6.92 Å². The molecule has 1 heterocycles. The van der Waals surface area contributed by atoms with E-state index in [0.717, 1.165) is 0 Å². The van der Waals surface area contributed by atoms with E-state index in [-0.39, 0.29) is 9.92 Å². The molecule has 0 aliphatic rings. The summed E-state index contributed by atoms with van der Waals surface area (Å²) in [4.78, 5) is 3.71. The van der Waals surface area contributed by atoms with Crippen LogP contribution in [0.25, 0.3) is 0 Å². The van der Waals surface area contributed by atoms with E-state index in [1.807, 2.05) is 6.92 Å². The number of hydrogen-bond donors (Lipinski definition) is 1. The van der Waals surface area contributed by atoms with Crippen LogP contribution in [0.4, 0.5) is 5.69 Å². The second kappa shape index (κ2) is 6.11. The van der Waals surface area contributed by atoms with Crippen LogP contribution in [-0.2, 0) is 10.0 Å². The van der Waals surface area contributed by atoms with Gasteiger partial charge < -0.3 is 4.74 Å². The Hall–Kier alpha value is -1.79. The Labute approximate surface area is 122 Å². The Morgan fingerprint density at radius 2 is 1.95 bits per heavy atom. The van der Waals surface area contributed by atoms with Crippen molar-refractivity contribution in [3.05, 3.63) is 47.7 Å². The number of ether oxygens (including phenoxy) is 1. The second-order valence-electron chi connectivity index (χ2n) is 3.87. The van der Waals surface area contributed by atoms with E-state index < -0.39 is 10.0 Å². The molecule has 0 aliphatic heterocycles. The predicted octanol–water partition coefficient (Wildman–Crippen LogP) is 2.93. The average molecular weight is 313 g/mol. The lowest BCUT2D eigenvalue weighted by Gasteiger charge is -2.09. The monoisotopic (exact) mass is 312 g/mol. The fourth-order valence-corrected chi connectivity index (χ4v) is 3.05. The highest BCUT2D eigenvalue weighted by Gasteiger charge is 2.18. The summed E-state index contributed by atoms with van der Waals surface area (Å²) < 4.78 is 32.1. The first-order valence-corrected chi connectivity index (χ1v) is 7.74. The Morgan fingerprint density at radius 1 is 1.25 bits per heavy atom. The summed E-state index contributed by atoms with van der Waals surface area (Å²) in [7, 11) is -3.75. The van der Waals surface area contributed by atoms with Gasteiger partial charge in [-0.1, -0.05) is 11.6 Å². The van der Waals surface area contributed by atoms with Gasteiger partial charge in [-0.3, -0.25) is 9.71 Å². The van der Waals surface area contributed by atoms with Gasteiger partial charge in [0.05, 0.1) is 11.6 Å². The van der Waals surface area contributed by atoms with Gasteiger partial charge in [-0.15, -0.1) is 0 Å². The molecule has 1 aromatic carbocycles. The molecule has 5 nitrogen and oxygen atoms in total. The fraction of sp³-hybridized carbons (Fsp3) is 0.154. The van der Waals surface area contributed by atoms with E-state index in [4.69, 9.17) is 16.3 Å². The SMILES string of the molecule is CCOc1ccc(NS(=O)(=O)c2cnccc2Cl)cc1. The maximum Gasteiger partial charge on any atom is 0.264 e. The van der Waals surface area contributed by atoms with Crippen molar-refractivity contribution in [3.63, 3.8) is 0 Å². The molecule has 0 saturated carbocycles. The van der Waals surface area contributed by atoms with Gasteiger partial charge in [0, 0.05) is 18.1 Å². The van der Waals surface area contributed by atoms with Gasteiger partial charge in [-0.05, 0) is 37.3 Å². The minimum absolute atomic E-state index is 0.0597. The minimum Gasteiger partial charge on any atom is -0.494 e. The van der Waals surface area contributed by atoms with Crippen LogP contribution in [0.3, 0.4) is 0 Å². The Balaban J connectivity index is 2.22. The Morgan fingerprint density at radius 3 is 2.55 bits per heavy atom. The van der Waals surface area contributed by atoms with Gasteiger partial charge in [-0.25, -0.2) is 8.42 Å². The maximum atomic E-state index is 12.2. The van der Waals surface area contributed by atoms with Crippen LogP contribution >= 0.6 is 11.6 Å². The smallest absolute Gasteiger partial charge is 0.264 e. The molecule has 0 atom stereocenters. The van der Waals surface area contributed by atoms with Crippen molar-refractivity contribution in [2.45, 2.75) is 11.8 Å². The molecule has 1 N–H and O–H groups in total. The molecule has 0 spiro atoms. The lowest BCUT2D eigenvalue weighted by atomic mass is 10.3. The largest absolute Gasteiger partial charge is 0.494 e.